The van der Waals surface area contributed by atoms with Crippen LogP contribution in [0, 0.1) is 11.3 Å². The van der Waals surface area contributed by atoms with Crippen LogP contribution in [0.1, 0.15) is 35.7 Å². The van der Waals surface area contributed by atoms with Crippen molar-refractivity contribution in [2.75, 3.05) is 23.3 Å². The molecular weight excluding hydrogens is 406 g/mol. The molecule has 164 valence electrons. The number of hydrogen-bond donors (Lipinski definition) is 1. The third kappa shape index (κ3) is 5.10. The predicted octanol–water partition coefficient (Wildman–Crippen LogP) is 4.60. The van der Waals surface area contributed by atoms with Crippen molar-refractivity contribution in [2.45, 2.75) is 32.7 Å². The van der Waals surface area contributed by atoms with E-state index in [0.717, 1.165) is 18.8 Å². The van der Waals surface area contributed by atoms with Crippen LogP contribution in [0.3, 0.4) is 0 Å². The van der Waals surface area contributed by atoms with Crippen LogP contribution < -0.4 is 15.0 Å². The van der Waals surface area contributed by atoms with E-state index < -0.39 is 0 Å². The molecule has 1 fully saturated rings. The fraction of sp³-hybridized carbons (Fsp3) is 0.280. The number of carbonyl (C=O) groups excluding carboxylic acids is 1. The second kappa shape index (κ2) is 9.58. The van der Waals surface area contributed by atoms with Crippen LogP contribution in [0.2, 0.25) is 0 Å². The molecule has 2 aromatic carbocycles. The van der Waals surface area contributed by atoms with Crippen LogP contribution >= 0.6 is 0 Å². The predicted molar refractivity (Wildman–Crippen MR) is 121 cm³/mol. The molecule has 2 atom stereocenters. The van der Waals surface area contributed by atoms with Gasteiger partial charge in [0.25, 0.3) is 5.91 Å². The van der Waals surface area contributed by atoms with Gasteiger partial charge in [0, 0.05) is 24.5 Å². The van der Waals surface area contributed by atoms with Gasteiger partial charge in [0.15, 0.2) is 5.76 Å². The van der Waals surface area contributed by atoms with E-state index in [0.29, 0.717) is 22.8 Å². The van der Waals surface area contributed by atoms with Gasteiger partial charge in [-0.2, -0.15) is 5.26 Å². The maximum atomic E-state index is 12.6. The van der Waals surface area contributed by atoms with Gasteiger partial charge in [-0.25, -0.2) is 0 Å². The number of carbonyl (C=O) groups is 1. The van der Waals surface area contributed by atoms with Crippen LogP contribution in [-0.2, 0) is 11.3 Å². The lowest BCUT2D eigenvalue weighted by molar-refractivity contribution is -0.00521. The zero-order chi connectivity index (χ0) is 22.5. The standard InChI is InChI=1S/C25H25N3O4/c1-17-14-28(15-18(2)31-17)21-9-7-20(8-10-21)27-25(29)24-12-11-22(32-24)16-30-23-6-4-3-5-19(23)13-26/h3-12,17-18H,14-16H2,1-2H3,(H,27,29). The summed E-state index contributed by atoms with van der Waals surface area (Å²) in [6, 6.07) is 20.1. The summed E-state index contributed by atoms with van der Waals surface area (Å²) < 4.78 is 17.0. The number of ether oxygens (including phenoxy) is 2. The average Bonchev–Trinajstić information content (AvgIpc) is 3.27. The molecule has 1 aliphatic heterocycles. The van der Waals surface area contributed by atoms with Gasteiger partial charge in [0.1, 0.15) is 24.2 Å². The van der Waals surface area contributed by atoms with E-state index in [2.05, 4.69) is 30.1 Å². The summed E-state index contributed by atoms with van der Waals surface area (Å²) in [5.41, 5.74) is 2.23. The molecule has 2 unspecified atom stereocenters. The fourth-order valence-electron chi connectivity index (χ4n) is 3.75. The summed E-state index contributed by atoms with van der Waals surface area (Å²) in [6.07, 6.45) is 0.368. The number of nitriles is 1. The van der Waals surface area contributed by atoms with Crippen molar-refractivity contribution < 1.29 is 18.7 Å². The zero-order valence-electron chi connectivity index (χ0n) is 18.1. The molecule has 7 nitrogen and oxygen atoms in total. The molecule has 0 aliphatic carbocycles. The van der Waals surface area contributed by atoms with E-state index in [1.807, 2.05) is 24.3 Å². The lowest BCUT2D eigenvalue weighted by Crippen LogP contribution is -2.45. The molecule has 1 N–H and O–H groups in total. The van der Waals surface area contributed by atoms with Crippen molar-refractivity contribution in [1.29, 1.82) is 5.26 Å². The molecule has 2 heterocycles. The van der Waals surface area contributed by atoms with Crippen LogP contribution in [0.5, 0.6) is 5.75 Å². The number of nitrogens with zero attached hydrogens (tertiary/aromatic N) is 2. The smallest absolute Gasteiger partial charge is 0.291 e. The molecule has 32 heavy (non-hydrogen) atoms. The molecule has 0 saturated carbocycles. The summed E-state index contributed by atoms with van der Waals surface area (Å²) in [5, 5.41) is 12.0. The van der Waals surface area contributed by atoms with Crippen LogP contribution in [0.25, 0.3) is 0 Å². The molecule has 1 saturated heterocycles. The Morgan fingerprint density at radius 2 is 1.81 bits per heavy atom. The van der Waals surface area contributed by atoms with Gasteiger partial charge < -0.3 is 24.1 Å². The third-order valence-electron chi connectivity index (χ3n) is 5.17. The van der Waals surface area contributed by atoms with Crippen molar-refractivity contribution >= 4 is 17.3 Å². The Bertz CT molecular complexity index is 1110. The van der Waals surface area contributed by atoms with Gasteiger partial charge in [-0.15, -0.1) is 0 Å². The van der Waals surface area contributed by atoms with Crippen molar-refractivity contribution in [1.82, 2.24) is 0 Å². The highest BCUT2D eigenvalue weighted by Crippen LogP contribution is 2.23. The molecule has 0 spiro atoms. The minimum Gasteiger partial charge on any atom is -0.484 e. The van der Waals surface area contributed by atoms with E-state index in [4.69, 9.17) is 19.2 Å². The highest BCUT2D eigenvalue weighted by molar-refractivity contribution is 6.02. The minimum absolute atomic E-state index is 0.122. The third-order valence-corrected chi connectivity index (χ3v) is 5.17. The Balaban J connectivity index is 1.34. The van der Waals surface area contributed by atoms with Gasteiger partial charge >= 0.3 is 0 Å². The summed E-state index contributed by atoms with van der Waals surface area (Å²) in [4.78, 5) is 14.8. The first kappa shape index (κ1) is 21.5. The maximum Gasteiger partial charge on any atom is 0.291 e. The number of amides is 1. The van der Waals surface area contributed by atoms with E-state index >= 15 is 0 Å². The second-order valence-corrected chi connectivity index (χ2v) is 7.83. The summed E-state index contributed by atoms with van der Waals surface area (Å²) in [5.74, 6) is 0.822. The van der Waals surface area contributed by atoms with Crippen molar-refractivity contribution in [3.05, 3.63) is 77.7 Å². The number of nitrogens with one attached hydrogen (secondary N) is 1. The van der Waals surface area contributed by atoms with Crippen LogP contribution in [0.15, 0.2) is 65.1 Å². The molecule has 0 radical (unpaired) electrons. The normalized spacial score (nSPS) is 18.1. The molecule has 1 aliphatic rings. The van der Waals surface area contributed by atoms with E-state index in [1.165, 1.54) is 0 Å². The minimum atomic E-state index is -0.338. The van der Waals surface area contributed by atoms with Crippen molar-refractivity contribution in [3.8, 4) is 11.8 Å². The molecular formula is C25H25N3O4. The topological polar surface area (TPSA) is 87.7 Å². The zero-order valence-corrected chi connectivity index (χ0v) is 18.1. The average molecular weight is 431 g/mol. The van der Waals surface area contributed by atoms with Gasteiger partial charge in [0.2, 0.25) is 0 Å². The second-order valence-electron chi connectivity index (χ2n) is 7.83. The fourth-order valence-corrected chi connectivity index (χ4v) is 3.75. The number of para-hydroxylation sites is 1. The van der Waals surface area contributed by atoms with Gasteiger partial charge in [-0.3, -0.25) is 4.79 Å². The highest BCUT2D eigenvalue weighted by atomic mass is 16.5. The molecule has 1 amide bonds. The number of rotatable bonds is 6. The van der Waals surface area contributed by atoms with Gasteiger partial charge in [0.05, 0.1) is 17.8 Å². The lowest BCUT2D eigenvalue weighted by Gasteiger charge is -2.36. The van der Waals surface area contributed by atoms with E-state index in [1.54, 1.807) is 36.4 Å². The Morgan fingerprint density at radius 3 is 2.53 bits per heavy atom. The quantitative estimate of drug-likeness (QED) is 0.614. The number of hydrogen-bond acceptors (Lipinski definition) is 6. The monoisotopic (exact) mass is 431 g/mol. The summed E-state index contributed by atoms with van der Waals surface area (Å²) in [7, 11) is 0. The molecule has 4 rings (SSSR count). The Kier molecular flexibility index (Phi) is 6.43. The first-order valence-corrected chi connectivity index (χ1v) is 10.5. The molecule has 0 bridgehead atoms. The lowest BCUT2D eigenvalue weighted by atomic mass is 10.2. The Labute approximate surface area is 187 Å². The van der Waals surface area contributed by atoms with E-state index in [-0.39, 0.29) is 30.5 Å². The van der Waals surface area contributed by atoms with Gasteiger partial charge in [-0.1, -0.05) is 12.1 Å². The Morgan fingerprint density at radius 1 is 1.09 bits per heavy atom. The van der Waals surface area contributed by atoms with E-state index in [9.17, 15) is 4.79 Å². The SMILES string of the molecule is CC1CN(c2ccc(NC(=O)c3ccc(COc4ccccc4C#N)o3)cc2)CC(C)O1. The number of anilines is 2. The molecule has 7 heteroatoms. The number of furan rings is 1. The first-order chi connectivity index (χ1) is 15.5. The van der Waals surface area contributed by atoms with Crippen molar-refractivity contribution in [2.24, 2.45) is 0 Å². The maximum absolute atomic E-state index is 12.6. The van der Waals surface area contributed by atoms with Crippen LogP contribution in [0.4, 0.5) is 11.4 Å². The summed E-state index contributed by atoms with van der Waals surface area (Å²) >= 11 is 0. The largest absolute Gasteiger partial charge is 0.484 e. The van der Waals surface area contributed by atoms with Crippen LogP contribution in [-0.4, -0.2) is 31.2 Å². The van der Waals surface area contributed by atoms with Crippen molar-refractivity contribution in [3.63, 3.8) is 0 Å². The molecule has 1 aromatic heterocycles. The highest BCUT2D eigenvalue weighted by Gasteiger charge is 2.22. The molecule has 3 aromatic rings. The number of morpholine rings is 1. The number of benzene rings is 2. The Hall–Kier alpha value is -3.76. The summed E-state index contributed by atoms with van der Waals surface area (Å²) in [6.45, 7) is 5.94. The van der Waals surface area contributed by atoms with Gasteiger partial charge in [-0.05, 0) is 62.4 Å². The first-order valence-electron chi connectivity index (χ1n) is 10.5.